The average Bonchev–Trinajstić information content (AvgIpc) is 3.36. The lowest BCUT2D eigenvalue weighted by Gasteiger charge is -2.48. The molecule has 71 heavy (non-hydrogen) atoms. The van der Waals surface area contributed by atoms with Gasteiger partial charge in [-0.3, -0.25) is 4.79 Å². The van der Waals surface area contributed by atoms with Crippen LogP contribution in [0, 0.1) is 0 Å². The minimum Gasteiger partial charge on any atom is -0.394 e. The second-order valence-corrected chi connectivity index (χ2v) is 20.5. The zero-order valence-electron chi connectivity index (χ0n) is 43.2. The summed E-state index contributed by atoms with van der Waals surface area (Å²) < 4.78 is 33.7. The molecule has 3 saturated heterocycles. The van der Waals surface area contributed by atoms with Gasteiger partial charge in [0.15, 0.2) is 18.9 Å². The second kappa shape index (κ2) is 37.5. The van der Waals surface area contributed by atoms with Crippen molar-refractivity contribution in [3.63, 3.8) is 0 Å². The lowest BCUT2D eigenvalue weighted by Crippen LogP contribution is -2.66. The van der Waals surface area contributed by atoms with E-state index in [0.29, 0.717) is 6.42 Å². The van der Waals surface area contributed by atoms with Crippen LogP contribution in [-0.4, -0.2) is 193 Å². The van der Waals surface area contributed by atoms with Crippen molar-refractivity contribution in [1.82, 2.24) is 5.32 Å². The molecule has 0 spiro atoms. The third-order valence-corrected chi connectivity index (χ3v) is 14.5. The topological polar surface area (TPSA) is 307 Å². The van der Waals surface area contributed by atoms with Crippen molar-refractivity contribution in [2.45, 2.75) is 298 Å². The maximum Gasteiger partial charge on any atom is 0.217 e. The maximum atomic E-state index is 12.1. The van der Waals surface area contributed by atoms with E-state index in [1.54, 1.807) is 0 Å². The summed E-state index contributed by atoms with van der Waals surface area (Å²) in [7, 11) is 0. The van der Waals surface area contributed by atoms with Gasteiger partial charge in [0.1, 0.15) is 73.2 Å². The van der Waals surface area contributed by atoms with E-state index in [2.05, 4.69) is 12.2 Å². The number of rotatable bonds is 40. The molecule has 17 atom stereocenters. The van der Waals surface area contributed by atoms with Crippen molar-refractivity contribution in [3.05, 3.63) is 0 Å². The number of aliphatic hydroxyl groups excluding tert-OH is 11. The fourth-order valence-electron chi connectivity index (χ4n) is 9.94. The van der Waals surface area contributed by atoms with Crippen LogP contribution in [0.5, 0.6) is 0 Å². The molecule has 0 radical (unpaired) electrons. The van der Waals surface area contributed by atoms with Crippen LogP contribution in [0.25, 0.3) is 0 Å². The van der Waals surface area contributed by atoms with Gasteiger partial charge in [-0.15, -0.1) is 0 Å². The Labute approximate surface area is 423 Å². The first-order chi connectivity index (χ1) is 34.3. The van der Waals surface area contributed by atoms with Gasteiger partial charge in [-0.1, -0.05) is 180 Å². The van der Waals surface area contributed by atoms with E-state index in [1.807, 2.05) is 0 Å². The van der Waals surface area contributed by atoms with Crippen molar-refractivity contribution in [3.8, 4) is 0 Å². The SMILES string of the molecule is CCCCCCCCCCCCCCCCCCCCCCCCCCCCCC(O)C(COC1OC(CO)C(OC2OC(CO)C(OC3OC(CO)C(O)C(O)C3O)C(O)C2O)C(O)C1O)NC(C)=O. The van der Waals surface area contributed by atoms with Gasteiger partial charge < -0.3 is 89.9 Å². The van der Waals surface area contributed by atoms with Crippen LogP contribution in [0.4, 0.5) is 0 Å². The van der Waals surface area contributed by atoms with Crippen molar-refractivity contribution in [2.24, 2.45) is 0 Å². The standard InChI is InChI=1S/C52H99NO18/c1-3-4-5-6-7-8-9-10-11-12-13-14-15-16-17-18-19-20-21-22-23-24-25-26-27-28-29-30-37(58)36(53-35(2)57)34-66-50-46(64)43(61)48(39(32-55)68-50)71-52-47(65)44(62)49(40(33-56)69-52)70-51-45(63)42(60)41(59)38(31-54)67-51/h36-52,54-56,58-65H,3-34H2,1-2H3,(H,53,57). The summed E-state index contributed by atoms with van der Waals surface area (Å²) in [6, 6.07) is -0.883. The molecule has 420 valence electrons. The quantitative estimate of drug-likeness (QED) is 0.0392. The normalized spacial score (nSPS) is 32.2. The van der Waals surface area contributed by atoms with E-state index in [1.165, 1.54) is 155 Å². The number of unbranched alkanes of at least 4 members (excludes halogenated alkanes) is 26. The van der Waals surface area contributed by atoms with Crippen LogP contribution in [-0.2, 0) is 33.2 Å². The van der Waals surface area contributed by atoms with Crippen LogP contribution in [0.1, 0.15) is 194 Å². The number of amides is 1. The van der Waals surface area contributed by atoms with Crippen molar-refractivity contribution >= 4 is 5.91 Å². The fraction of sp³-hybridized carbons (Fsp3) is 0.981. The van der Waals surface area contributed by atoms with Crippen LogP contribution in [0.3, 0.4) is 0 Å². The molecule has 3 aliphatic rings. The van der Waals surface area contributed by atoms with Gasteiger partial charge in [-0.05, 0) is 6.42 Å². The molecular weight excluding hydrogens is 927 g/mol. The van der Waals surface area contributed by atoms with E-state index >= 15 is 0 Å². The number of hydrogen-bond acceptors (Lipinski definition) is 18. The van der Waals surface area contributed by atoms with Gasteiger partial charge in [0.2, 0.25) is 5.91 Å². The van der Waals surface area contributed by atoms with Crippen LogP contribution in [0.15, 0.2) is 0 Å². The van der Waals surface area contributed by atoms with Gasteiger partial charge in [-0.2, -0.15) is 0 Å². The Kier molecular flexibility index (Phi) is 33.9. The van der Waals surface area contributed by atoms with Gasteiger partial charge in [-0.25, -0.2) is 0 Å². The van der Waals surface area contributed by atoms with Gasteiger partial charge in [0.25, 0.3) is 0 Å². The van der Waals surface area contributed by atoms with E-state index in [9.17, 15) is 61.0 Å². The highest BCUT2D eigenvalue weighted by atomic mass is 16.8. The molecule has 1 amide bonds. The minimum absolute atomic E-state index is 0.316. The molecule has 0 saturated carbocycles. The Hall–Kier alpha value is -1.21. The molecule has 19 nitrogen and oxygen atoms in total. The van der Waals surface area contributed by atoms with Crippen LogP contribution < -0.4 is 5.32 Å². The van der Waals surface area contributed by atoms with E-state index in [-0.39, 0.29) is 6.61 Å². The first-order valence-electron chi connectivity index (χ1n) is 27.7. The summed E-state index contributed by atoms with van der Waals surface area (Å²) in [4.78, 5) is 12.1. The van der Waals surface area contributed by atoms with E-state index in [4.69, 9.17) is 28.4 Å². The Bertz CT molecular complexity index is 1320. The van der Waals surface area contributed by atoms with Crippen molar-refractivity contribution < 1.29 is 89.4 Å². The Morgan fingerprint density at radius 2 is 0.775 bits per heavy atom. The Morgan fingerprint density at radius 3 is 1.14 bits per heavy atom. The molecule has 0 aliphatic carbocycles. The molecule has 3 aliphatic heterocycles. The monoisotopic (exact) mass is 1030 g/mol. The van der Waals surface area contributed by atoms with Crippen LogP contribution in [0.2, 0.25) is 0 Å². The first-order valence-corrected chi connectivity index (χ1v) is 27.7. The third kappa shape index (κ3) is 23.3. The zero-order chi connectivity index (χ0) is 52.0. The summed E-state index contributed by atoms with van der Waals surface area (Å²) in [6.07, 6.45) is 9.21. The Morgan fingerprint density at radius 1 is 0.451 bits per heavy atom. The van der Waals surface area contributed by atoms with Crippen LogP contribution >= 0.6 is 0 Å². The molecule has 0 bridgehead atoms. The lowest BCUT2D eigenvalue weighted by atomic mass is 9.96. The molecule has 19 heteroatoms. The summed E-state index contributed by atoms with van der Waals surface area (Å²) >= 11 is 0. The number of aliphatic hydroxyl groups is 11. The first kappa shape index (κ1) is 64.1. The highest BCUT2D eigenvalue weighted by Gasteiger charge is 2.53. The molecule has 0 aromatic rings. The van der Waals surface area contributed by atoms with Gasteiger partial charge in [0, 0.05) is 6.92 Å². The number of carbonyl (C=O) groups excluding carboxylic acids is 1. The van der Waals surface area contributed by atoms with E-state index in [0.717, 1.165) is 25.7 Å². The fourth-order valence-corrected chi connectivity index (χ4v) is 9.94. The molecule has 17 unspecified atom stereocenters. The second-order valence-electron chi connectivity index (χ2n) is 20.5. The number of hydrogen-bond donors (Lipinski definition) is 12. The molecule has 12 N–H and O–H groups in total. The van der Waals surface area contributed by atoms with Crippen molar-refractivity contribution in [2.75, 3.05) is 26.4 Å². The number of carbonyl (C=O) groups is 1. The highest BCUT2D eigenvalue weighted by molar-refractivity contribution is 5.73. The largest absolute Gasteiger partial charge is 0.394 e. The summed E-state index contributed by atoms with van der Waals surface area (Å²) in [5.74, 6) is -0.417. The van der Waals surface area contributed by atoms with Crippen molar-refractivity contribution in [1.29, 1.82) is 0 Å². The molecule has 3 heterocycles. The van der Waals surface area contributed by atoms with Gasteiger partial charge in [0.05, 0.1) is 38.6 Å². The number of nitrogens with one attached hydrogen (secondary N) is 1. The molecule has 3 fully saturated rings. The Balaban J connectivity index is 1.26. The zero-order valence-corrected chi connectivity index (χ0v) is 43.2. The summed E-state index contributed by atoms with van der Waals surface area (Å²) in [6.45, 7) is 0.860. The summed E-state index contributed by atoms with van der Waals surface area (Å²) in [5, 5.41) is 118. The molecule has 0 aromatic carbocycles. The third-order valence-electron chi connectivity index (χ3n) is 14.5. The lowest BCUT2D eigenvalue weighted by molar-refractivity contribution is -0.379. The molecular formula is C52H99NO18. The predicted octanol–water partition coefficient (Wildman–Crippen LogP) is 3.26. The molecule has 3 rings (SSSR count). The minimum atomic E-state index is -1.96. The summed E-state index contributed by atoms with van der Waals surface area (Å²) in [5.41, 5.74) is 0. The highest BCUT2D eigenvalue weighted by Crippen LogP contribution is 2.33. The van der Waals surface area contributed by atoms with Gasteiger partial charge >= 0.3 is 0 Å². The van der Waals surface area contributed by atoms with E-state index < -0.39 is 130 Å². The average molecular weight is 1030 g/mol. The smallest absolute Gasteiger partial charge is 0.217 e. The predicted molar refractivity (Wildman–Crippen MR) is 264 cm³/mol. The molecule has 0 aromatic heterocycles. The maximum absolute atomic E-state index is 12.1. The number of ether oxygens (including phenoxy) is 6.